The number of phenols is 3. The lowest BCUT2D eigenvalue weighted by Gasteiger charge is -2.38. The molecule has 372 valence electrons. The maximum absolute atomic E-state index is 14.5. The number of allylic oxidation sites excluding steroid dienone is 2. The number of amides is 2. The second kappa shape index (κ2) is 21.4. The number of aryl methyl sites for hydroxylation is 1. The molecule has 0 radical (unpaired) electrons. The van der Waals surface area contributed by atoms with Crippen LogP contribution in [0.1, 0.15) is 75.5 Å². The Morgan fingerprint density at radius 1 is 0.913 bits per heavy atom. The van der Waals surface area contributed by atoms with E-state index < -0.39 is 106 Å². The highest BCUT2D eigenvalue weighted by atomic mass is 16.7. The predicted octanol–water partition coefficient (Wildman–Crippen LogP) is 5.33. The number of benzene rings is 3. The molecule has 18 nitrogen and oxygen atoms in total. The molecule has 4 aliphatic rings. The van der Waals surface area contributed by atoms with E-state index in [9.17, 15) is 44.7 Å². The number of nitrogens with one attached hydrogen (secondary N) is 2. The molecule has 69 heavy (non-hydrogen) atoms. The van der Waals surface area contributed by atoms with Gasteiger partial charge in [-0.2, -0.15) is 5.10 Å². The van der Waals surface area contributed by atoms with Crippen LogP contribution in [-0.2, 0) is 28.6 Å². The van der Waals surface area contributed by atoms with Crippen molar-refractivity contribution in [3.63, 3.8) is 0 Å². The zero-order valence-corrected chi connectivity index (χ0v) is 40.8. The number of carbonyl (C=O) groups excluding carboxylic acids is 4. The van der Waals surface area contributed by atoms with Gasteiger partial charge in [-0.25, -0.2) is 5.43 Å². The highest BCUT2D eigenvalue weighted by Crippen LogP contribution is 2.55. The summed E-state index contributed by atoms with van der Waals surface area (Å²) in [7, 11) is 1.42. The third kappa shape index (κ3) is 10.9. The minimum atomic E-state index is -2.11. The van der Waals surface area contributed by atoms with E-state index in [1.165, 1.54) is 53.2 Å². The summed E-state index contributed by atoms with van der Waals surface area (Å²) in [5.74, 6) is -9.58. The number of fused-ring (bicyclic) bond motifs is 14. The Morgan fingerprint density at radius 2 is 1.58 bits per heavy atom. The van der Waals surface area contributed by atoms with Crippen LogP contribution in [0.4, 0.5) is 11.4 Å². The molecule has 9 atom stereocenters. The number of nitrogens with zero attached hydrogens (tertiary/aromatic N) is 3. The second-order valence-electron chi connectivity index (χ2n) is 18.5. The van der Waals surface area contributed by atoms with Crippen molar-refractivity contribution in [2.24, 2.45) is 28.8 Å². The lowest BCUT2D eigenvalue weighted by molar-refractivity contribution is -0.160. The third-order valence-electron chi connectivity index (χ3n) is 13.6. The number of hydrogen-bond acceptors (Lipinski definition) is 16. The molecule has 0 unspecified atom stereocenters. The predicted molar refractivity (Wildman–Crippen MR) is 259 cm³/mol. The summed E-state index contributed by atoms with van der Waals surface area (Å²) < 4.78 is 23.6. The Hall–Kier alpha value is -6.47. The molecule has 1 saturated heterocycles. The Labute approximate surface area is 401 Å². The summed E-state index contributed by atoms with van der Waals surface area (Å²) in [4.78, 5) is 58.2. The first-order chi connectivity index (χ1) is 32.6. The van der Waals surface area contributed by atoms with Crippen molar-refractivity contribution in [3.05, 3.63) is 82.7 Å². The lowest BCUT2D eigenvalue weighted by atomic mass is 9.78. The van der Waals surface area contributed by atoms with Gasteiger partial charge >= 0.3 is 11.8 Å². The summed E-state index contributed by atoms with van der Waals surface area (Å²) in [6, 6.07) is 8.24. The average Bonchev–Trinajstić information content (AvgIpc) is 3.58. The van der Waals surface area contributed by atoms with Gasteiger partial charge < -0.3 is 54.7 Å². The van der Waals surface area contributed by atoms with Crippen LogP contribution in [0.2, 0.25) is 0 Å². The molecule has 18 heteroatoms. The van der Waals surface area contributed by atoms with Gasteiger partial charge in [0.05, 0.1) is 59.5 Å². The number of carbonyl (C=O) groups is 4. The summed E-state index contributed by atoms with van der Waals surface area (Å²) >= 11 is 0. The molecule has 4 aliphatic heterocycles. The first-order valence-electron chi connectivity index (χ1n) is 23.0. The number of anilines is 2. The second-order valence-corrected chi connectivity index (χ2v) is 18.5. The monoisotopic (exact) mass is 955 g/mol. The van der Waals surface area contributed by atoms with Crippen molar-refractivity contribution >= 4 is 51.9 Å². The number of ether oxygens (including phenoxy) is 4. The maximum atomic E-state index is 14.5. The quantitative estimate of drug-likeness (QED) is 0.0520. The molecule has 5 bridgehead atoms. The van der Waals surface area contributed by atoms with Crippen molar-refractivity contribution in [1.82, 2.24) is 10.3 Å². The molecule has 4 heterocycles. The molecule has 0 saturated carbocycles. The highest BCUT2D eigenvalue weighted by Gasteiger charge is 2.50. The van der Waals surface area contributed by atoms with Gasteiger partial charge in [0.15, 0.2) is 5.75 Å². The van der Waals surface area contributed by atoms with Gasteiger partial charge in [0.1, 0.15) is 23.4 Å². The van der Waals surface area contributed by atoms with Gasteiger partial charge in [-0.15, -0.1) is 0 Å². The lowest BCUT2D eigenvalue weighted by Crippen LogP contribution is -2.49. The Balaban J connectivity index is 1.40. The summed E-state index contributed by atoms with van der Waals surface area (Å²) in [6.45, 7) is 17.0. The number of rotatable bonds is 7. The van der Waals surface area contributed by atoms with Crippen molar-refractivity contribution in [1.29, 1.82) is 0 Å². The van der Waals surface area contributed by atoms with Gasteiger partial charge in [-0.05, 0) is 39.0 Å². The van der Waals surface area contributed by atoms with Gasteiger partial charge in [0.25, 0.3) is 17.6 Å². The average molecular weight is 956 g/mol. The maximum Gasteiger partial charge on any atom is 0.312 e. The number of aliphatic hydroxyl groups is 2. The molecule has 7 rings (SSSR count). The molecule has 3 aromatic carbocycles. The highest BCUT2D eigenvalue weighted by molar-refractivity contribution is 6.24. The summed E-state index contributed by atoms with van der Waals surface area (Å²) in [5, 5.41) is 64.8. The number of esters is 1. The van der Waals surface area contributed by atoms with Gasteiger partial charge in [0.2, 0.25) is 0 Å². The minimum absolute atomic E-state index is 0.0000549. The Morgan fingerprint density at radius 3 is 2.22 bits per heavy atom. The molecule has 0 spiro atoms. The number of methoxy groups -OCH3 is 1. The van der Waals surface area contributed by atoms with Crippen molar-refractivity contribution < 1.29 is 63.7 Å². The van der Waals surface area contributed by atoms with Crippen molar-refractivity contribution in [3.8, 4) is 23.0 Å². The smallest absolute Gasteiger partial charge is 0.312 e. The Kier molecular flexibility index (Phi) is 16.1. The fourth-order valence-corrected chi connectivity index (χ4v) is 9.20. The molecule has 2 amide bonds. The van der Waals surface area contributed by atoms with Crippen molar-refractivity contribution in [2.45, 2.75) is 92.5 Å². The minimum Gasteiger partial charge on any atom is -0.507 e. The van der Waals surface area contributed by atoms with Crippen LogP contribution in [0.3, 0.4) is 0 Å². The number of Topliss-reactive ketones (excluding diaryl/α,β-unsaturated/α-hetero) is 1. The molecule has 0 aromatic heterocycles. The zero-order chi connectivity index (χ0) is 50.6. The van der Waals surface area contributed by atoms with E-state index in [2.05, 4.69) is 45.0 Å². The summed E-state index contributed by atoms with van der Waals surface area (Å²) in [5.41, 5.74) is 3.82. The van der Waals surface area contributed by atoms with Crippen LogP contribution < -0.4 is 20.4 Å². The topological polar surface area (TPSA) is 249 Å². The molecule has 0 aliphatic carbocycles. The molecule has 3 aromatic rings. The van der Waals surface area contributed by atoms with E-state index in [-0.39, 0.29) is 39.9 Å². The van der Waals surface area contributed by atoms with E-state index in [0.717, 1.165) is 17.5 Å². The Bertz CT molecular complexity index is 2570. The molecular formula is C51H65N5O13. The van der Waals surface area contributed by atoms with Crippen LogP contribution in [0.25, 0.3) is 10.8 Å². The van der Waals surface area contributed by atoms with E-state index in [0.29, 0.717) is 26.2 Å². The van der Waals surface area contributed by atoms with E-state index in [1.54, 1.807) is 39.8 Å². The summed E-state index contributed by atoms with van der Waals surface area (Å²) in [6.07, 6.45) is 4.28. The number of piperazine rings is 1. The number of ketones is 1. The van der Waals surface area contributed by atoms with Crippen LogP contribution in [-0.4, -0.2) is 130 Å². The third-order valence-corrected chi connectivity index (χ3v) is 13.6. The fraction of sp³-hybridized carbons (Fsp3) is 0.471. The molecule has 7 N–H and O–H groups in total. The van der Waals surface area contributed by atoms with E-state index in [4.69, 9.17) is 18.9 Å². The first kappa shape index (κ1) is 51.9. The van der Waals surface area contributed by atoms with Crippen LogP contribution in [0.15, 0.2) is 65.5 Å². The van der Waals surface area contributed by atoms with Gasteiger partial charge in [-0.3, -0.25) is 24.1 Å². The van der Waals surface area contributed by atoms with Crippen LogP contribution in [0.5, 0.6) is 23.0 Å². The molecule has 1 fully saturated rings. The first-order valence-corrected chi connectivity index (χ1v) is 23.0. The molecular weight excluding hydrogens is 891 g/mol. The zero-order valence-electron chi connectivity index (χ0n) is 40.8. The van der Waals surface area contributed by atoms with Gasteiger partial charge in [-0.1, -0.05) is 63.6 Å². The van der Waals surface area contributed by atoms with E-state index in [1.807, 2.05) is 11.8 Å². The number of phenolic OH excluding ortho intramolecular Hbond substituents is 3. The van der Waals surface area contributed by atoms with Gasteiger partial charge in [0, 0.05) is 93.0 Å². The number of aromatic hydroxyl groups is 3. The number of aliphatic hydroxyl groups excluding tert-OH is 2. The van der Waals surface area contributed by atoms with Crippen LogP contribution in [0, 0.1) is 37.5 Å². The van der Waals surface area contributed by atoms with Crippen LogP contribution >= 0.6 is 0 Å². The number of hydrazone groups is 1. The standard InChI is InChI=1S/C51H65N5O13/c1-26-14-16-34(17-15-26)56-21-19-55(20-22-56)25-37(58)54-52-24-35-41-46(63)39-38(45(35)62)40-48(32(7)44(39)61)69-51(9,49(40)64)67-23-18-36(66-10)29(4)47(68-33(8)57)31(6)43(60)30(5)42(59)27(2)12-11-13-28(3)50(65)53-41/h11-18,23-24,27,29-31,36,42-43,47,59-63H,19-22,25H2,1-10H3,(H,53,65)(H,54,58)/b12-11+,23-18+,28-13-,52-24?/t27-,29-,30-,31-,36+,42+,43-,47-,51+/m1/s1. The number of hydrogen-bond donors (Lipinski definition) is 7. The van der Waals surface area contributed by atoms with E-state index >= 15 is 0 Å². The fourth-order valence-electron chi connectivity index (χ4n) is 9.20. The van der Waals surface area contributed by atoms with Crippen molar-refractivity contribution in [2.75, 3.05) is 50.1 Å². The largest absolute Gasteiger partial charge is 0.507 e. The normalized spacial score (nSPS) is 29.0. The SMILES string of the molecule is CO[C@H]1/C=C/O[C@@]2(C)Oc3c(C)c(O)c4c(O)c(c(C=NNC(=O)CN5CCN(c6ccc(C)cc6)CC5)c(O)c4c3C2=O)NC(=O)/C(C)=C\C=C\[C@@H](C)[C@H](O)[C@@H](C)[C@@H](O)[C@@H](C)[C@H](OC(C)=O)[C@@H]1C.